The van der Waals surface area contributed by atoms with E-state index in [1.54, 1.807) is 36.2 Å². The molecular formula is C20H26N8O4. The summed E-state index contributed by atoms with van der Waals surface area (Å²) in [4.78, 5) is 49.5. The zero-order valence-corrected chi connectivity index (χ0v) is 18.2. The first kappa shape index (κ1) is 21.5. The average Bonchev–Trinajstić information content (AvgIpc) is 2.88. The zero-order valence-electron chi connectivity index (χ0n) is 18.2. The number of hydrogen-bond donors (Lipinski definition) is 0. The number of hydrogen-bond acceptors (Lipinski definition) is 10. The molecule has 4 heterocycles. The highest BCUT2D eigenvalue weighted by Gasteiger charge is 2.32. The highest BCUT2D eigenvalue weighted by atomic mass is 16.5. The van der Waals surface area contributed by atoms with Gasteiger partial charge in [-0.05, 0) is 0 Å². The summed E-state index contributed by atoms with van der Waals surface area (Å²) in [6, 6.07) is 3.52. The lowest BCUT2D eigenvalue weighted by Gasteiger charge is -2.38. The molecule has 0 saturated carbocycles. The summed E-state index contributed by atoms with van der Waals surface area (Å²) >= 11 is 0. The van der Waals surface area contributed by atoms with Crippen molar-refractivity contribution in [2.45, 2.75) is 0 Å². The maximum absolute atomic E-state index is 12.8. The smallest absolute Gasteiger partial charge is 0.312 e. The van der Waals surface area contributed by atoms with E-state index in [0.29, 0.717) is 64.1 Å². The van der Waals surface area contributed by atoms with Crippen LogP contribution in [0, 0.1) is 0 Å². The zero-order chi connectivity index (χ0) is 22.5. The summed E-state index contributed by atoms with van der Waals surface area (Å²) in [7, 11) is 3.11. The molecule has 4 rings (SSSR count). The first-order chi connectivity index (χ1) is 15.6. The Morgan fingerprint density at radius 3 is 1.38 bits per heavy atom. The third kappa shape index (κ3) is 4.63. The quantitative estimate of drug-likeness (QED) is 0.562. The molecule has 0 radical (unpaired) electrons. The number of piperazine rings is 2. The highest BCUT2D eigenvalue weighted by molar-refractivity contribution is 6.35. The molecule has 2 aliphatic rings. The van der Waals surface area contributed by atoms with Gasteiger partial charge >= 0.3 is 11.8 Å². The van der Waals surface area contributed by atoms with E-state index >= 15 is 0 Å². The van der Waals surface area contributed by atoms with E-state index in [2.05, 4.69) is 19.9 Å². The molecule has 0 unspecified atom stereocenters. The molecule has 0 N–H and O–H groups in total. The normalized spacial score (nSPS) is 16.7. The second kappa shape index (κ2) is 9.62. The van der Waals surface area contributed by atoms with Crippen molar-refractivity contribution in [1.82, 2.24) is 29.7 Å². The van der Waals surface area contributed by atoms with Crippen LogP contribution in [-0.4, -0.2) is 108 Å². The van der Waals surface area contributed by atoms with Crippen molar-refractivity contribution in [3.63, 3.8) is 0 Å². The molecule has 2 aliphatic heterocycles. The topological polar surface area (TPSA) is 117 Å². The van der Waals surface area contributed by atoms with Gasteiger partial charge in [-0.3, -0.25) is 9.59 Å². The van der Waals surface area contributed by atoms with Crippen molar-refractivity contribution in [1.29, 1.82) is 0 Å². The van der Waals surface area contributed by atoms with Crippen molar-refractivity contribution in [3.05, 3.63) is 24.8 Å². The predicted octanol–water partition coefficient (Wildman–Crippen LogP) is -0.719. The molecule has 0 aromatic carbocycles. The van der Waals surface area contributed by atoms with Gasteiger partial charge in [0.15, 0.2) is 0 Å². The first-order valence-corrected chi connectivity index (χ1v) is 10.4. The largest absolute Gasteiger partial charge is 0.481 e. The van der Waals surface area contributed by atoms with E-state index in [1.807, 2.05) is 9.80 Å². The van der Waals surface area contributed by atoms with Crippen molar-refractivity contribution in [2.75, 3.05) is 76.4 Å². The average molecular weight is 442 g/mol. The van der Waals surface area contributed by atoms with E-state index in [0.717, 1.165) is 11.6 Å². The van der Waals surface area contributed by atoms with Crippen LogP contribution in [0.25, 0.3) is 0 Å². The standard InChI is InChI=1S/C20H26N8O4/c1-31-17-11-15(21-13-23-17)25-3-7-27(8-4-25)19(29)20(30)28-9-5-26(6-10-28)16-12-18(32-2)24-14-22-16/h11-14H,3-10H2,1-2H3. The maximum Gasteiger partial charge on any atom is 0.312 e. The number of ether oxygens (including phenoxy) is 2. The minimum Gasteiger partial charge on any atom is -0.481 e. The minimum atomic E-state index is -0.456. The Morgan fingerprint density at radius 2 is 1.03 bits per heavy atom. The van der Waals surface area contributed by atoms with Gasteiger partial charge in [-0.25, -0.2) is 19.9 Å². The van der Waals surface area contributed by atoms with Crippen LogP contribution in [0.15, 0.2) is 24.8 Å². The van der Waals surface area contributed by atoms with E-state index < -0.39 is 11.8 Å². The van der Waals surface area contributed by atoms with Crippen molar-refractivity contribution in [2.24, 2.45) is 0 Å². The van der Waals surface area contributed by atoms with Crippen LogP contribution in [0.1, 0.15) is 0 Å². The molecular weight excluding hydrogens is 416 g/mol. The van der Waals surface area contributed by atoms with Crippen LogP contribution in [0.5, 0.6) is 11.8 Å². The molecule has 12 nitrogen and oxygen atoms in total. The van der Waals surface area contributed by atoms with Crippen molar-refractivity contribution < 1.29 is 19.1 Å². The lowest BCUT2D eigenvalue weighted by atomic mass is 10.2. The molecule has 12 heteroatoms. The van der Waals surface area contributed by atoms with Crippen LogP contribution in [0.3, 0.4) is 0 Å². The Bertz CT molecular complexity index is 881. The molecule has 2 amide bonds. The second-order valence-corrected chi connectivity index (χ2v) is 7.40. The van der Waals surface area contributed by atoms with Gasteiger partial charge in [0.2, 0.25) is 11.8 Å². The highest BCUT2D eigenvalue weighted by Crippen LogP contribution is 2.19. The van der Waals surface area contributed by atoms with Crippen LogP contribution in [0.2, 0.25) is 0 Å². The van der Waals surface area contributed by atoms with Gasteiger partial charge in [-0.15, -0.1) is 0 Å². The van der Waals surface area contributed by atoms with Crippen LogP contribution in [-0.2, 0) is 9.59 Å². The molecule has 2 aromatic rings. The van der Waals surface area contributed by atoms with Crippen LogP contribution in [0.4, 0.5) is 11.6 Å². The van der Waals surface area contributed by atoms with Crippen LogP contribution >= 0.6 is 0 Å². The lowest BCUT2D eigenvalue weighted by molar-refractivity contribution is -0.152. The predicted molar refractivity (Wildman–Crippen MR) is 115 cm³/mol. The number of nitrogens with zero attached hydrogens (tertiary/aromatic N) is 8. The van der Waals surface area contributed by atoms with Gasteiger partial charge in [0.05, 0.1) is 14.2 Å². The molecule has 0 bridgehead atoms. The number of methoxy groups -OCH3 is 2. The van der Waals surface area contributed by atoms with Gasteiger partial charge in [0.1, 0.15) is 24.3 Å². The first-order valence-electron chi connectivity index (χ1n) is 10.4. The molecule has 170 valence electrons. The Labute approximate surface area is 185 Å². The number of amides is 2. The number of anilines is 2. The molecule has 2 aromatic heterocycles. The summed E-state index contributed by atoms with van der Waals surface area (Å²) < 4.78 is 10.3. The SMILES string of the molecule is COc1cc(N2CCN(C(=O)C(=O)N3CCN(c4cc(OC)ncn4)CC3)CC2)ncn1. The number of carbonyl (C=O) groups is 2. The van der Waals surface area contributed by atoms with Gasteiger partial charge in [-0.2, -0.15) is 0 Å². The monoisotopic (exact) mass is 442 g/mol. The summed E-state index contributed by atoms with van der Waals surface area (Å²) in [5.41, 5.74) is 0. The fraction of sp³-hybridized carbons (Fsp3) is 0.500. The van der Waals surface area contributed by atoms with Gasteiger partial charge in [0.25, 0.3) is 0 Å². The number of carbonyl (C=O) groups excluding carboxylic acids is 2. The van der Waals surface area contributed by atoms with E-state index in [-0.39, 0.29) is 0 Å². The van der Waals surface area contributed by atoms with Crippen LogP contribution < -0.4 is 19.3 Å². The molecule has 0 aliphatic carbocycles. The molecule has 0 atom stereocenters. The summed E-state index contributed by atoms with van der Waals surface area (Å²) in [6.07, 6.45) is 2.90. The summed E-state index contributed by atoms with van der Waals surface area (Å²) in [6.45, 7) is 4.17. The van der Waals surface area contributed by atoms with E-state index in [4.69, 9.17) is 9.47 Å². The molecule has 2 fully saturated rings. The summed E-state index contributed by atoms with van der Waals surface area (Å²) in [5, 5.41) is 0. The second-order valence-electron chi connectivity index (χ2n) is 7.40. The third-order valence-electron chi connectivity index (χ3n) is 5.64. The number of aromatic nitrogens is 4. The Kier molecular flexibility index (Phi) is 6.47. The number of rotatable bonds is 4. The van der Waals surface area contributed by atoms with E-state index in [9.17, 15) is 9.59 Å². The summed E-state index contributed by atoms with van der Waals surface area (Å²) in [5.74, 6) is 1.55. The maximum atomic E-state index is 12.8. The Balaban J connectivity index is 1.28. The fourth-order valence-corrected chi connectivity index (χ4v) is 3.78. The van der Waals surface area contributed by atoms with Crippen molar-refractivity contribution >= 4 is 23.5 Å². The van der Waals surface area contributed by atoms with Gasteiger partial charge in [-0.1, -0.05) is 0 Å². The fourth-order valence-electron chi connectivity index (χ4n) is 3.78. The lowest BCUT2D eigenvalue weighted by Crippen LogP contribution is -2.56. The molecule has 0 spiro atoms. The molecule has 32 heavy (non-hydrogen) atoms. The minimum absolute atomic E-state index is 0.456. The van der Waals surface area contributed by atoms with Gasteiger partial charge in [0, 0.05) is 64.5 Å². The van der Waals surface area contributed by atoms with E-state index in [1.165, 1.54) is 12.7 Å². The van der Waals surface area contributed by atoms with Gasteiger partial charge < -0.3 is 29.1 Å². The van der Waals surface area contributed by atoms with Crippen molar-refractivity contribution in [3.8, 4) is 11.8 Å². The Morgan fingerprint density at radius 1 is 0.656 bits per heavy atom. The third-order valence-corrected chi connectivity index (χ3v) is 5.64. The Hall–Kier alpha value is -3.70. The molecule has 2 saturated heterocycles.